The Hall–Kier alpha value is -0.420. The van der Waals surface area contributed by atoms with Crippen LogP contribution in [-0.2, 0) is 11.3 Å². The average Bonchev–Trinajstić information content (AvgIpc) is 2.81. The highest BCUT2D eigenvalue weighted by Gasteiger charge is 2.13. The number of nitrogens with zero attached hydrogens (tertiary/aromatic N) is 1. The molecule has 0 radical (unpaired) electrons. The highest BCUT2D eigenvalue weighted by Crippen LogP contribution is 2.11. The molecule has 1 atom stereocenters. The number of rotatable bonds is 5. The van der Waals surface area contributed by atoms with Gasteiger partial charge >= 0.3 is 0 Å². The summed E-state index contributed by atoms with van der Waals surface area (Å²) in [6, 6.07) is 4.31. The van der Waals surface area contributed by atoms with Crippen LogP contribution in [0.2, 0.25) is 0 Å². The molecule has 4 heteroatoms. The molecule has 0 saturated carbocycles. The van der Waals surface area contributed by atoms with Crippen molar-refractivity contribution in [2.24, 2.45) is 0 Å². The summed E-state index contributed by atoms with van der Waals surface area (Å²) >= 11 is 1.83. The Labute approximate surface area is 101 Å². The van der Waals surface area contributed by atoms with E-state index in [0.29, 0.717) is 6.10 Å². The lowest BCUT2D eigenvalue weighted by molar-refractivity contribution is 0.0184. The number of ether oxygens (including phenoxy) is 1. The van der Waals surface area contributed by atoms with Crippen molar-refractivity contribution in [3.05, 3.63) is 22.4 Å². The molecule has 90 valence electrons. The van der Waals surface area contributed by atoms with E-state index in [1.807, 2.05) is 11.3 Å². The molecule has 16 heavy (non-hydrogen) atoms. The normalized spacial score (nSPS) is 21.5. The van der Waals surface area contributed by atoms with E-state index in [4.69, 9.17) is 4.74 Å². The van der Waals surface area contributed by atoms with Crippen LogP contribution in [0.5, 0.6) is 0 Å². The smallest absolute Gasteiger partial charge is 0.0712 e. The molecule has 0 amide bonds. The van der Waals surface area contributed by atoms with Crippen molar-refractivity contribution in [1.29, 1.82) is 0 Å². The van der Waals surface area contributed by atoms with Gasteiger partial charge in [-0.1, -0.05) is 6.07 Å². The summed E-state index contributed by atoms with van der Waals surface area (Å²) in [5.74, 6) is 0. The van der Waals surface area contributed by atoms with Crippen molar-refractivity contribution in [2.75, 3.05) is 33.3 Å². The SMILES string of the molecule is CN(CCC1CNCCO1)Cc1cccs1. The van der Waals surface area contributed by atoms with Crippen LogP contribution in [0.25, 0.3) is 0 Å². The molecule has 0 aromatic carbocycles. The summed E-state index contributed by atoms with van der Waals surface area (Å²) < 4.78 is 5.68. The van der Waals surface area contributed by atoms with Crippen molar-refractivity contribution in [2.45, 2.75) is 19.1 Å². The number of hydrogen-bond acceptors (Lipinski definition) is 4. The summed E-state index contributed by atoms with van der Waals surface area (Å²) in [6.07, 6.45) is 1.52. The molecule has 3 nitrogen and oxygen atoms in total. The molecule has 1 fully saturated rings. The van der Waals surface area contributed by atoms with E-state index in [1.54, 1.807) is 0 Å². The largest absolute Gasteiger partial charge is 0.376 e. The summed E-state index contributed by atoms with van der Waals surface area (Å²) in [7, 11) is 2.18. The molecule has 1 unspecified atom stereocenters. The van der Waals surface area contributed by atoms with E-state index < -0.39 is 0 Å². The predicted molar refractivity (Wildman–Crippen MR) is 67.9 cm³/mol. The first-order valence-electron chi connectivity index (χ1n) is 5.88. The van der Waals surface area contributed by atoms with Crippen molar-refractivity contribution in [3.63, 3.8) is 0 Å². The van der Waals surface area contributed by atoms with Gasteiger partial charge < -0.3 is 15.0 Å². The number of nitrogens with one attached hydrogen (secondary N) is 1. The molecule has 0 bridgehead atoms. The molecule has 1 aliphatic rings. The zero-order valence-corrected chi connectivity index (χ0v) is 10.6. The molecule has 2 heterocycles. The van der Waals surface area contributed by atoms with E-state index in [2.05, 4.69) is 34.8 Å². The number of morpholine rings is 1. The van der Waals surface area contributed by atoms with Crippen LogP contribution in [0.1, 0.15) is 11.3 Å². The van der Waals surface area contributed by atoms with Crippen molar-refractivity contribution >= 4 is 11.3 Å². The summed E-state index contributed by atoms with van der Waals surface area (Å²) in [4.78, 5) is 3.80. The van der Waals surface area contributed by atoms with Crippen LogP contribution < -0.4 is 5.32 Å². The first-order chi connectivity index (χ1) is 7.84. The van der Waals surface area contributed by atoms with Crippen molar-refractivity contribution in [3.8, 4) is 0 Å². The van der Waals surface area contributed by atoms with Crippen LogP contribution in [0.3, 0.4) is 0 Å². The second-order valence-electron chi connectivity index (χ2n) is 4.30. The minimum atomic E-state index is 0.402. The topological polar surface area (TPSA) is 24.5 Å². The van der Waals surface area contributed by atoms with E-state index in [9.17, 15) is 0 Å². The van der Waals surface area contributed by atoms with Gasteiger partial charge in [0.05, 0.1) is 12.7 Å². The van der Waals surface area contributed by atoms with Gasteiger partial charge in [-0.15, -0.1) is 11.3 Å². The van der Waals surface area contributed by atoms with Crippen LogP contribution in [0.15, 0.2) is 17.5 Å². The Morgan fingerprint density at radius 2 is 2.56 bits per heavy atom. The Balaban J connectivity index is 1.65. The Morgan fingerprint density at radius 3 is 3.25 bits per heavy atom. The maximum Gasteiger partial charge on any atom is 0.0712 e. The van der Waals surface area contributed by atoms with Crippen LogP contribution >= 0.6 is 11.3 Å². The summed E-state index contributed by atoms with van der Waals surface area (Å²) in [6.45, 7) is 5.02. The first-order valence-corrected chi connectivity index (χ1v) is 6.76. The van der Waals surface area contributed by atoms with Crippen molar-refractivity contribution in [1.82, 2.24) is 10.2 Å². The second-order valence-corrected chi connectivity index (χ2v) is 5.33. The molecule has 1 saturated heterocycles. The van der Waals surface area contributed by atoms with Gasteiger partial charge in [0.25, 0.3) is 0 Å². The highest BCUT2D eigenvalue weighted by atomic mass is 32.1. The minimum absolute atomic E-state index is 0.402. The van der Waals surface area contributed by atoms with E-state index in [1.165, 1.54) is 4.88 Å². The molecular formula is C12H20N2OS. The minimum Gasteiger partial charge on any atom is -0.376 e. The third-order valence-corrected chi connectivity index (χ3v) is 3.70. The van der Waals surface area contributed by atoms with Gasteiger partial charge in [-0.25, -0.2) is 0 Å². The van der Waals surface area contributed by atoms with Crippen molar-refractivity contribution < 1.29 is 4.74 Å². The molecule has 2 rings (SSSR count). The number of thiophene rings is 1. The molecule has 1 aliphatic heterocycles. The van der Waals surface area contributed by atoms with E-state index >= 15 is 0 Å². The van der Waals surface area contributed by atoms with E-state index in [-0.39, 0.29) is 0 Å². The lowest BCUT2D eigenvalue weighted by atomic mass is 10.2. The summed E-state index contributed by atoms with van der Waals surface area (Å²) in [5.41, 5.74) is 0. The zero-order valence-electron chi connectivity index (χ0n) is 9.82. The van der Waals surface area contributed by atoms with Gasteiger partial charge in [-0.2, -0.15) is 0 Å². The molecule has 1 aromatic rings. The fourth-order valence-electron chi connectivity index (χ4n) is 1.92. The van der Waals surface area contributed by atoms with Gasteiger partial charge in [-0.05, 0) is 24.9 Å². The third-order valence-electron chi connectivity index (χ3n) is 2.84. The van der Waals surface area contributed by atoms with Gasteiger partial charge in [0, 0.05) is 31.1 Å². The quantitative estimate of drug-likeness (QED) is 0.845. The lowest BCUT2D eigenvalue weighted by Gasteiger charge is -2.25. The Kier molecular flexibility index (Phi) is 4.78. The van der Waals surface area contributed by atoms with Crippen LogP contribution in [0, 0.1) is 0 Å². The standard InChI is InChI=1S/C12H20N2OS/c1-14(10-12-3-2-8-16-12)6-4-11-9-13-5-7-15-11/h2-3,8,11,13H,4-7,9-10H2,1H3. The molecule has 0 spiro atoms. The van der Waals surface area contributed by atoms with Gasteiger partial charge in [0.2, 0.25) is 0 Å². The predicted octanol–water partition coefficient (Wildman–Crippen LogP) is 1.56. The Morgan fingerprint density at radius 1 is 1.62 bits per heavy atom. The number of hydrogen-bond donors (Lipinski definition) is 1. The molecule has 0 aliphatic carbocycles. The fraction of sp³-hybridized carbons (Fsp3) is 0.667. The van der Waals surface area contributed by atoms with Gasteiger partial charge in [0.1, 0.15) is 0 Å². The first kappa shape index (κ1) is 12.0. The average molecular weight is 240 g/mol. The monoisotopic (exact) mass is 240 g/mol. The van der Waals surface area contributed by atoms with Crippen LogP contribution in [-0.4, -0.2) is 44.3 Å². The van der Waals surface area contributed by atoms with Gasteiger partial charge in [-0.3, -0.25) is 0 Å². The molecular weight excluding hydrogens is 220 g/mol. The maximum absolute atomic E-state index is 5.68. The maximum atomic E-state index is 5.68. The Bertz CT molecular complexity index is 283. The summed E-state index contributed by atoms with van der Waals surface area (Å²) in [5, 5.41) is 5.50. The third kappa shape index (κ3) is 3.87. The zero-order chi connectivity index (χ0) is 11.2. The van der Waals surface area contributed by atoms with Gasteiger partial charge in [0.15, 0.2) is 0 Å². The van der Waals surface area contributed by atoms with E-state index in [0.717, 1.165) is 39.2 Å². The molecule has 1 aromatic heterocycles. The lowest BCUT2D eigenvalue weighted by Crippen LogP contribution is -2.40. The molecule has 1 N–H and O–H groups in total. The highest BCUT2D eigenvalue weighted by molar-refractivity contribution is 7.09. The fourth-order valence-corrected chi connectivity index (χ4v) is 2.70. The van der Waals surface area contributed by atoms with Crippen LogP contribution in [0.4, 0.5) is 0 Å². The second kappa shape index (κ2) is 6.35.